The van der Waals surface area contributed by atoms with E-state index in [1.54, 1.807) is 6.07 Å². The molecule has 4 amide bonds. The SMILES string of the molecule is CCc1ccc(-c2ccccc2C(=O)NC[C@@]2(C3CC3)NC(=O)NC2=O)cc1. The fraction of sp³-hybridized carbons (Fsp3) is 0.318. The third-order valence-electron chi connectivity index (χ3n) is 5.62. The number of nitrogens with one attached hydrogen (secondary N) is 3. The number of benzene rings is 2. The Kier molecular flexibility index (Phi) is 4.63. The van der Waals surface area contributed by atoms with E-state index in [1.807, 2.05) is 30.3 Å². The fourth-order valence-electron chi connectivity index (χ4n) is 3.81. The maximum absolute atomic E-state index is 12.9. The molecule has 1 heterocycles. The Morgan fingerprint density at radius 2 is 1.82 bits per heavy atom. The van der Waals surface area contributed by atoms with Gasteiger partial charge in [-0.2, -0.15) is 0 Å². The third-order valence-corrected chi connectivity index (χ3v) is 5.62. The van der Waals surface area contributed by atoms with E-state index in [1.165, 1.54) is 5.56 Å². The normalized spacial score (nSPS) is 21.2. The largest absolute Gasteiger partial charge is 0.349 e. The van der Waals surface area contributed by atoms with Gasteiger partial charge in [-0.3, -0.25) is 14.9 Å². The van der Waals surface area contributed by atoms with E-state index in [2.05, 4.69) is 35.0 Å². The maximum Gasteiger partial charge on any atom is 0.322 e. The van der Waals surface area contributed by atoms with Gasteiger partial charge in [0.2, 0.25) is 0 Å². The Balaban J connectivity index is 1.55. The highest BCUT2D eigenvalue weighted by atomic mass is 16.2. The van der Waals surface area contributed by atoms with Crippen LogP contribution < -0.4 is 16.0 Å². The van der Waals surface area contributed by atoms with Crippen molar-refractivity contribution in [1.29, 1.82) is 0 Å². The van der Waals surface area contributed by atoms with Gasteiger partial charge in [-0.05, 0) is 47.9 Å². The van der Waals surface area contributed by atoms with Crippen molar-refractivity contribution in [2.24, 2.45) is 5.92 Å². The van der Waals surface area contributed by atoms with Gasteiger partial charge in [0.15, 0.2) is 0 Å². The summed E-state index contributed by atoms with van der Waals surface area (Å²) < 4.78 is 0. The standard InChI is InChI=1S/C22H23N3O3/c1-2-14-7-9-15(10-8-14)17-5-3-4-6-18(17)19(26)23-13-22(16-11-12-16)20(27)24-21(28)25-22/h3-10,16H,2,11-13H2,1H3,(H,23,26)(H2,24,25,27,28)/t22-/m0/s1. The molecule has 2 aliphatic rings. The molecule has 1 saturated heterocycles. The van der Waals surface area contributed by atoms with Gasteiger partial charge < -0.3 is 10.6 Å². The van der Waals surface area contributed by atoms with E-state index >= 15 is 0 Å². The van der Waals surface area contributed by atoms with Crippen LogP contribution in [0.5, 0.6) is 0 Å². The van der Waals surface area contributed by atoms with Gasteiger partial charge in [-0.1, -0.05) is 49.4 Å². The van der Waals surface area contributed by atoms with Gasteiger partial charge >= 0.3 is 6.03 Å². The monoisotopic (exact) mass is 377 g/mol. The molecule has 0 unspecified atom stereocenters. The number of rotatable bonds is 6. The van der Waals surface area contributed by atoms with Crippen molar-refractivity contribution in [1.82, 2.24) is 16.0 Å². The van der Waals surface area contributed by atoms with Crippen LogP contribution in [-0.4, -0.2) is 29.9 Å². The maximum atomic E-state index is 12.9. The van der Waals surface area contributed by atoms with Crippen LogP contribution >= 0.6 is 0 Å². The van der Waals surface area contributed by atoms with Crippen LogP contribution in [0.4, 0.5) is 4.79 Å². The molecule has 28 heavy (non-hydrogen) atoms. The van der Waals surface area contributed by atoms with E-state index in [9.17, 15) is 14.4 Å². The predicted molar refractivity (Wildman–Crippen MR) is 106 cm³/mol. The van der Waals surface area contributed by atoms with Gasteiger partial charge in [0.1, 0.15) is 5.54 Å². The number of aryl methyl sites for hydroxylation is 1. The van der Waals surface area contributed by atoms with Crippen molar-refractivity contribution in [3.63, 3.8) is 0 Å². The molecule has 1 aliphatic heterocycles. The van der Waals surface area contributed by atoms with Crippen molar-refractivity contribution in [3.8, 4) is 11.1 Å². The minimum atomic E-state index is -1.04. The lowest BCUT2D eigenvalue weighted by Gasteiger charge is -2.26. The number of amides is 4. The highest BCUT2D eigenvalue weighted by Crippen LogP contribution is 2.41. The van der Waals surface area contributed by atoms with Crippen LogP contribution in [0.25, 0.3) is 11.1 Å². The Morgan fingerprint density at radius 1 is 1.11 bits per heavy atom. The first kappa shape index (κ1) is 18.2. The molecule has 6 heteroatoms. The third kappa shape index (κ3) is 3.26. The molecular formula is C22H23N3O3. The molecule has 6 nitrogen and oxygen atoms in total. The lowest BCUT2D eigenvalue weighted by atomic mass is 9.92. The average molecular weight is 377 g/mol. The van der Waals surface area contributed by atoms with Crippen molar-refractivity contribution in [3.05, 3.63) is 59.7 Å². The van der Waals surface area contributed by atoms with Gasteiger partial charge in [0, 0.05) is 5.56 Å². The van der Waals surface area contributed by atoms with Crippen LogP contribution in [0.15, 0.2) is 48.5 Å². The van der Waals surface area contributed by atoms with Gasteiger partial charge in [-0.25, -0.2) is 4.79 Å². The predicted octanol–water partition coefficient (Wildman–Crippen LogP) is 2.63. The van der Waals surface area contributed by atoms with E-state index < -0.39 is 11.6 Å². The molecule has 2 aromatic rings. The topological polar surface area (TPSA) is 87.3 Å². The van der Waals surface area contributed by atoms with Crippen LogP contribution in [-0.2, 0) is 11.2 Å². The van der Waals surface area contributed by atoms with Crippen molar-refractivity contribution in [2.75, 3.05) is 6.54 Å². The van der Waals surface area contributed by atoms with Crippen molar-refractivity contribution in [2.45, 2.75) is 31.7 Å². The van der Waals surface area contributed by atoms with Gasteiger partial charge in [0.05, 0.1) is 6.54 Å². The summed E-state index contributed by atoms with van der Waals surface area (Å²) in [7, 11) is 0. The lowest BCUT2D eigenvalue weighted by Crippen LogP contribution is -2.57. The van der Waals surface area contributed by atoms with E-state index in [0.717, 1.165) is 30.4 Å². The molecule has 1 saturated carbocycles. The van der Waals surface area contributed by atoms with Crippen LogP contribution in [0.3, 0.4) is 0 Å². The van der Waals surface area contributed by atoms with E-state index in [-0.39, 0.29) is 24.3 Å². The number of hydrogen-bond acceptors (Lipinski definition) is 3. The molecule has 1 aliphatic carbocycles. The van der Waals surface area contributed by atoms with Gasteiger partial charge in [-0.15, -0.1) is 0 Å². The molecule has 2 aromatic carbocycles. The zero-order chi connectivity index (χ0) is 19.7. The molecular weight excluding hydrogens is 354 g/mol. The first-order chi connectivity index (χ1) is 13.5. The summed E-state index contributed by atoms with van der Waals surface area (Å²) in [6, 6.07) is 15.1. The summed E-state index contributed by atoms with van der Waals surface area (Å²) >= 11 is 0. The molecule has 0 spiro atoms. The molecule has 4 rings (SSSR count). The Labute approximate surface area is 163 Å². The quantitative estimate of drug-likeness (QED) is 0.677. The van der Waals surface area contributed by atoms with Crippen LogP contribution in [0, 0.1) is 5.92 Å². The summed E-state index contributed by atoms with van der Waals surface area (Å²) in [5, 5.41) is 7.90. The Morgan fingerprint density at radius 3 is 2.43 bits per heavy atom. The van der Waals surface area contributed by atoms with Crippen molar-refractivity contribution < 1.29 is 14.4 Å². The Bertz CT molecular complexity index is 934. The number of urea groups is 1. The highest BCUT2D eigenvalue weighted by Gasteiger charge is 2.56. The second-order valence-corrected chi connectivity index (χ2v) is 7.43. The first-order valence-corrected chi connectivity index (χ1v) is 9.63. The second-order valence-electron chi connectivity index (χ2n) is 7.43. The summed E-state index contributed by atoms with van der Waals surface area (Å²) in [5.74, 6) is -0.552. The summed E-state index contributed by atoms with van der Waals surface area (Å²) in [6.45, 7) is 2.18. The number of hydrogen-bond donors (Lipinski definition) is 3. The van der Waals surface area contributed by atoms with Crippen LogP contribution in [0.1, 0.15) is 35.7 Å². The lowest BCUT2D eigenvalue weighted by molar-refractivity contribution is -0.124. The molecule has 3 N–H and O–H groups in total. The first-order valence-electron chi connectivity index (χ1n) is 9.63. The number of carbonyl (C=O) groups excluding carboxylic acids is 3. The van der Waals surface area contributed by atoms with Gasteiger partial charge in [0.25, 0.3) is 11.8 Å². The molecule has 0 bridgehead atoms. The fourth-order valence-corrected chi connectivity index (χ4v) is 3.81. The minimum absolute atomic E-state index is 0.0658. The number of imide groups is 1. The summed E-state index contributed by atoms with van der Waals surface area (Å²) in [4.78, 5) is 36.9. The van der Waals surface area contributed by atoms with E-state index in [0.29, 0.717) is 5.56 Å². The summed E-state index contributed by atoms with van der Waals surface area (Å²) in [5.41, 5.74) is 2.54. The Hall–Kier alpha value is -3.15. The van der Waals surface area contributed by atoms with E-state index in [4.69, 9.17) is 0 Å². The average Bonchev–Trinajstić information content (AvgIpc) is 3.52. The van der Waals surface area contributed by atoms with Crippen molar-refractivity contribution >= 4 is 17.8 Å². The minimum Gasteiger partial charge on any atom is -0.349 e. The number of carbonyl (C=O) groups is 3. The molecule has 0 radical (unpaired) electrons. The molecule has 144 valence electrons. The molecule has 0 aromatic heterocycles. The molecule has 1 atom stereocenters. The zero-order valence-electron chi connectivity index (χ0n) is 15.7. The smallest absolute Gasteiger partial charge is 0.322 e. The molecule has 2 fully saturated rings. The highest BCUT2D eigenvalue weighted by molar-refractivity contribution is 6.08. The second kappa shape index (κ2) is 7.11. The summed E-state index contributed by atoms with van der Waals surface area (Å²) in [6.07, 6.45) is 2.69. The van der Waals surface area contributed by atoms with Crippen LogP contribution in [0.2, 0.25) is 0 Å². The zero-order valence-corrected chi connectivity index (χ0v) is 15.7.